The first kappa shape index (κ1) is 16.0. The molecule has 6 heteroatoms. The summed E-state index contributed by atoms with van der Waals surface area (Å²) in [5.41, 5.74) is 5.07. The van der Waals surface area contributed by atoms with E-state index in [1.807, 2.05) is 19.3 Å². The van der Waals surface area contributed by atoms with Crippen molar-refractivity contribution in [3.8, 4) is 11.1 Å². The molecule has 0 bridgehead atoms. The third-order valence-corrected chi connectivity index (χ3v) is 4.37. The van der Waals surface area contributed by atoms with E-state index in [9.17, 15) is 0 Å². The molecule has 0 spiro atoms. The molecular weight excluding hydrogens is 312 g/mol. The lowest BCUT2D eigenvalue weighted by Crippen LogP contribution is -2.37. The van der Waals surface area contributed by atoms with Crippen molar-refractivity contribution < 1.29 is 4.74 Å². The number of halogens is 1. The second-order valence-corrected chi connectivity index (χ2v) is 5.81. The van der Waals surface area contributed by atoms with Crippen LogP contribution in [-0.4, -0.2) is 43.3 Å². The van der Waals surface area contributed by atoms with Crippen LogP contribution in [-0.2, 0) is 11.2 Å². The van der Waals surface area contributed by atoms with Crippen molar-refractivity contribution in [3.63, 3.8) is 0 Å². The number of nitrogens with zero attached hydrogens (tertiary/aromatic N) is 3. The van der Waals surface area contributed by atoms with Crippen LogP contribution < -0.4 is 10.2 Å². The molecule has 0 atom stereocenters. The summed E-state index contributed by atoms with van der Waals surface area (Å²) in [5.74, 6) is 0. The van der Waals surface area contributed by atoms with Gasteiger partial charge in [0.2, 0.25) is 0 Å². The summed E-state index contributed by atoms with van der Waals surface area (Å²) in [4.78, 5) is 11.2. The maximum absolute atomic E-state index is 6.30. The Morgan fingerprint density at radius 3 is 2.70 bits per heavy atom. The van der Waals surface area contributed by atoms with Gasteiger partial charge < -0.3 is 15.0 Å². The van der Waals surface area contributed by atoms with Gasteiger partial charge in [0.1, 0.15) is 5.15 Å². The van der Waals surface area contributed by atoms with Gasteiger partial charge in [-0.05, 0) is 18.6 Å². The van der Waals surface area contributed by atoms with E-state index < -0.39 is 0 Å². The fourth-order valence-corrected chi connectivity index (χ4v) is 2.98. The molecule has 3 heterocycles. The number of aryl methyl sites for hydroxylation is 1. The van der Waals surface area contributed by atoms with Crippen LogP contribution in [0.3, 0.4) is 0 Å². The summed E-state index contributed by atoms with van der Waals surface area (Å²) in [6.07, 6.45) is 4.50. The highest BCUT2D eigenvalue weighted by molar-refractivity contribution is 6.32. The van der Waals surface area contributed by atoms with Crippen LogP contribution >= 0.6 is 11.6 Å². The third kappa shape index (κ3) is 3.41. The number of anilines is 2. The van der Waals surface area contributed by atoms with Crippen LogP contribution in [0.25, 0.3) is 11.1 Å². The molecule has 1 aliphatic heterocycles. The van der Waals surface area contributed by atoms with Crippen LogP contribution in [0.2, 0.25) is 5.15 Å². The molecule has 3 rings (SSSR count). The minimum atomic E-state index is 0.489. The zero-order valence-electron chi connectivity index (χ0n) is 13.5. The van der Waals surface area contributed by atoms with Crippen LogP contribution in [0.1, 0.15) is 12.6 Å². The van der Waals surface area contributed by atoms with E-state index in [2.05, 4.69) is 33.2 Å². The average Bonchev–Trinajstić information content (AvgIpc) is 2.62. The van der Waals surface area contributed by atoms with Crippen molar-refractivity contribution in [2.24, 2.45) is 0 Å². The number of nitrogens with one attached hydrogen (secondary N) is 1. The van der Waals surface area contributed by atoms with Gasteiger partial charge in [-0.2, -0.15) is 0 Å². The van der Waals surface area contributed by atoms with Crippen LogP contribution in [0.5, 0.6) is 0 Å². The zero-order chi connectivity index (χ0) is 16.2. The smallest absolute Gasteiger partial charge is 0.137 e. The molecule has 122 valence electrons. The highest BCUT2D eigenvalue weighted by atomic mass is 35.5. The normalized spacial score (nSPS) is 14.8. The van der Waals surface area contributed by atoms with E-state index in [4.69, 9.17) is 16.3 Å². The van der Waals surface area contributed by atoms with Crippen molar-refractivity contribution in [3.05, 3.63) is 35.4 Å². The lowest BCUT2D eigenvalue weighted by molar-refractivity contribution is 0.122. The largest absolute Gasteiger partial charge is 0.387 e. The van der Waals surface area contributed by atoms with E-state index >= 15 is 0 Å². The van der Waals surface area contributed by atoms with E-state index in [1.165, 1.54) is 5.69 Å². The van der Waals surface area contributed by atoms with Gasteiger partial charge in [0.15, 0.2) is 0 Å². The standard InChI is InChI=1S/C17H21ClN4O/c1-3-15-16(22-4-6-23-7-5-22)8-12(10-20-15)14-9-13(19-2)11-21-17(14)18/h8-11,19H,3-7H2,1-2H3. The fraction of sp³-hybridized carbons (Fsp3) is 0.412. The van der Waals surface area contributed by atoms with Gasteiger partial charge in [0.25, 0.3) is 0 Å². The molecule has 2 aromatic heterocycles. The second-order valence-electron chi connectivity index (χ2n) is 5.46. The molecule has 1 aliphatic rings. The Morgan fingerprint density at radius 2 is 2.00 bits per heavy atom. The Bertz CT molecular complexity index is 686. The van der Waals surface area contributed by atoms with Gasteiger partial charge in [-0.3, -0.25) is 4.98 Å². The highest BCUT2D eigenvalue weighted by Crippen LogP contribution is 2.32. The van der Waals surface area contributed by atoms with Crippen molar-refractivity contribution >= 4 is 23.0 Å². The van der Waals surface area contributed by atoms with Gasteiger partial charge in [0, 0.05) is 37.5 Å². The third-order valence-electron chi connectivity index (χ3n) is 4.07. The fourth-order valence-electron chi connectivity index (χ4n) is 2.77. The molecule has 1 fully saturated rings. The molecule has 0 aromatic carbocycles. The van der Waals surface area contributed by atoms with E-state index in [0.29, 0.717) is 5.15 Å². The van der Waals surface area contributed by atoms with E-state index in [0.717, 1.165) is 55.2 Å². The molecule has 0 aliphatic carbocycles. The molecule has 5 nitrogen and oxygen atoms in total. The predicted octanol–water partition coefficient (Wildman–Crippen LogP) is 3.24. The monoisotopic (exact) mass is 332 g/mol. The summed E-state index contributed by atoms with van der Waals surface area (Å²) in [6, 6.07) is 4.17. The summed E-state index contributed by atoms with van der Waals surface area (Å²) >= 11 is 6.30. The summed E-state index contributed by atoms with van der Waals surface area (Å²) < 4.78 is 5.46. The summed E-state index contributed by atoms with van der Waals surface area (Å²) in [7, 11) is 1.87. The Balaban J connectivity index is 2.03. The SMILES string of the molecule is CCc1ncc(-c2cc(NC)cnc2Cl)cc1N1CCOCC1. The molecule has 0 unspecified atom stereocenters. The lowest BCUT2D eigenvalue weighted by atomic mass is 10.1. The Hall–Kier alpha value is -1.85. The number of rotatable bonds is 4. The number of aromatic nitrogens is 2. The second kappa shape index (κ2) is 7.15. The van der Waals surface area contributed by atoms with Gasteiger partial charge in [-0.1, -0.05) is 18.5 Å². The molecule has 0 radical (unpaired) electrons. The molecule has 1 N–H and O–H groups in total. The maximum atomic E-state index is 6.30. The predicted molar refractivity (Wildman–Crippen MR) is 94.4 cm³/mol. The van der Waals surface area contributed by atoms with E-state index in [-0.39, 0.29) is 0 Å². The molecule has 2 aromatic rings. The first-order valence-electron chi connectivity index (χ1n) is 7.88. The van der Waals surface area contributed by atoms with Crippen LogP contribution in [0.15, 0.2) is 24.5 Å². The van der Waals surface area contributed by atoms with Crippen molar-refractivity contribution in [2.45, 2.75) is 13.3 Å². The molecule has 0 saturated carbocycles. The summed E-state index contributed by atoms with van der Waals surface area (Å²) in [6.45, 7) is 5.42. The zero-order valence-corrected chi connectivity index (χ0v) is 14.2. The molecular formula is C17H21ClN4O. The minimum Gasteiger partial charge on any atom is -0.387 e. The minimum absolute atomic E-state index is 0.489. The molecule has 1 saturated heterocycles. The molecule has 0 amide bonds. The summed E-state index contributed by atoms with van der Waals surface area (Å²) in [5, 5.41) is 3.59. The van der Waals surface area contributed by atoms with Crippen LogP contribution in [0.4, 0.5) is 11.4 Å². The Morgan fingerprint density at radius 1 is 1.22 bits per heavy atom. The lowest BCUT2D eigenvalue weighted by Gasteiger charge is -2.30. The number of hydrogen-bond donors (Lipinski definition) is 1. The van der Waals surface area contributed by atoms with Crippen LogP contribution in [0, 0.1) is 0 Å². The van der Waals surface area contributed by atoms with Gasteiger partial charge >= 0.3 is 0 Å². The quantitative estimate of drug-likeness (QED) is 0.871. The maximum Gasteiger partial charge on any atom is 0.137 e. The highest BCUT2D eigenvalue weighted by Gasteiger charge is 2.17. The average molecular weight is 333 g/mol. The van der Waals surface area contributed by atoms with Gasteiger partial charge in [0.05, 0.1) is 36.5 Å². The van der Waals surface area contributed by atoms with Gasteiger partial charge in [-0.15, -0.1) is 0 Å². The van der Waals surface area contributed by atoms with Gasteiger partial charge in [-0.25, -0.2) is 4.98 Å². The number of morpholine rings is 1. The first-order valence-corrected chi connectivity index (χ1v) is 8.26. The topological polar surface area (TPSA) is 50.3 Å². The Kier molecular flexibility index (Phi) is 4.98. The Labute approximate surface area is 141 Å². The first-order chi connectivity index (χ1) is 11.2. The van der Waals surface area contributed by atoms with E-state index in [1.54, 1.807) is 6.20 Å². The number of ether oxygens (including phenoxy) is 1. The van der Waals surface area contributed by atoms with Crippen molar-refractivity contribution in [1.29, 1.82) is 0 Å². The molecule has 23 heavy (non-hydrogen) atoms. The van der Waals surface area contributed by atoms with Crippen molar-refractivity contribution in [2.75, 3.05) is 43.6 Å². The number of pyridine rings is 2. The van der Waals surface area contributed by atoms with Crippen molar-refractivity contribution in [1.82, 2.24) is 9.97 Å². The number of hydrogen-bond acceptors (Lipinski definition) is 5.